The van der Waals surface area contributed by atoms with Crippen LogP contribution in [0, 0.1) is 0 Å². The summed E-state index contributed by atoms with van der Waals surface area (Å²) in [4.78, 5) is 56.4. The van der Waals surface area contributed by atoms with Crippen molar-refractivity contribution in [2.24, 2.45) is 0 Å². The van der Waals surface area contributed by atoms with E-state index in [9.17, 15) is 19.2 Å². The molecule has 0 aliphatic rings. The van der Waals surface area contributed by atoms with E-state index >= 15 is 0 Å². The Bertz CT molecular complexity index is 1750. The van der Waals surface area contributed by atoms with Crippen molar-refractivity contribution in [3.63, 3.8) is 0 Å². The molecule has 4 rings (SSSR count). The largest absolute Gasteiger partial charge is 0.466 e. The molecule has 1 atom stereocenters. The second-order valence-corrected chi connectivity index (χ2v) is 12.6. The summed E-state index contributed by atoms with van der Waals surface area (Å²) in [5.41, 5.74) is 1.74. The van der Waals surface area contributed by atoms with Gasteiger partial charge in [0.05, 0.1) is 34.0 Å². The molecule has 13 heteroatoms. The highest BCUT2D eigenvalue weighted by atomic mass is 35.5. The maximum atomic E-state index is 13.5. The molecule has 0 spiro atoms. The first-order valence-electron chi connectivity index (χ1n) is 14.2. The van der Waals surface area contributed by atoms with Crippen LogP contribution < -0.4 is 16.0 Å². The van der Waals surface area contributed by atoms with E-state index in [2.05, 4.69) is 20.9 Å². The van der Waals surface area contributed by atoms with E-state index < -0.39 is 17.1 Å². The number of halogens is 2. The molecule has 0 aliphatic heterocycles. The Balaban J connectivity index is 1.47. The highest BCUT2D eigenvalue weighted by molar-refractivity contribution is 8.00. The van der Waals surface area contributed by atoms with Gasteiger partial charge in [0.2, 0.25) is 5.91 Å². The first-order valence-corrected chi connectivity index (χ1v) is 16.7. The lowest BCUT2D eigenvalue weighted by Crippen LogP contribution is -2.30. The van der Waals surface area contributed by atoms with Gasteiger partial charge in [0.1, 0.15) is 5.70 Å². The van der Waals surface area contributed by atoms with E-state index in [1.807, 2.05) is 13.0 Å². The zero-order chi connectivity index (χ0) is 33.1. The Morgan fingerprint density at radius 1 is 0.978 bits per heavy atom. The molecule has 0 saturated carbocycles. The maximum absolute atomic E-state index is 13.5. The van der Waals surface area contributed by atoms with Crippen LogP contribution in [-0.2, 0) is 25.5 Å². The molecular formula is C33H30Cl2N4O5S2. The number of hydrogen-bond donors (Lipinski definition) is 3. The van der Waals surface area contributed by atoms with Crippen molar-refractivity contribution >= 4 is 86.9 Å². The minimum atomic E-state index is -0.588. The van der Waals surface area contributed by atoms with Crippen LogP contribution in [0.5, 0.6) is 0 Å². The fraction of sp³-hybridized carbons (Fsp3) is 0.182. The third kappa shape index (κ3) is 9.92. The van der Waals surface area contributed by atoms with E-state index in [1.54, 1.807) is 79.0 Å². The number of carbonyl (C=O) groups excluding carboxylic acids is 4. The van der Waals surface area contributed by atoms with Crippen LogP contribution in [0.25, 0.3) is 6.08 Å². The Morgan fingerprint density at radius 2 is 1.74 bits per heavy atom. The highest BCUT2D eigenvalue weighted by Gasteiger charge is 2.21. The summed E-state index contributed by atoms with van der Waals surface area (Å²) < 4.78 is 4.95. The van der Waals surface area contributed by atoms with Crippen LogP contribution in [0.1, 0.15) is 41.9 Å². The minimum Gasteiger partial charge on any atom is -0.466 e. The van der Waals surface area contributed by atoms with Crippen molar-refractivity contribution in [1.82, 2.24) is 10.3 Å². The summed E-state index contributed by atoms with van der Waals surface area (Å²) in [6, 6.07) is 20.5. The van der Waals surface area contributed by atoms with E-state index in [-0.39, 0.29) is 35.6 Å². The number of rotatable bonds is 13. The molecule has 1 aromatic heterocycles. The number of esters is 1. The van der Waals surface area contributed by atoms with E-state index in [4.69, 9.17) is 27.9 Å². The third-order valence-electron chi connectivity index (χ3n) is 6.26. The second kappa shape index (κ2) is 17.0. The molecule has 0 saturated heterocycles. The average Bonchev–Trinajstić information content (AvgIpc) is 3.48. The topological polar surface area (TPSA) is 126 Å². The Hall–Kier alpha value is -4.16. The van der Waals surface area contributed by atoms with Gasteiger partial charge in [-0.25, -0.2) is 4.98 Å². The molecule has 238 valence electrons. The molecule has 3 N–H and O–H groups in total. The van der Waals surface area contributed by atoms with Crippen molar-refractivity contribution in [3.8, 4) is 0 Å². The highest BCUT2D eigenvalue weighted by Crippen LogP contribution is 2.30. The fourth-order valence-electron chi connectivity index (χ4n) is 4.05. The molecule has 3 amide bonds. The molecule has 1 heterocycles. The number of anilines is 2. The lowest BCUT2D eigenvalue weighted by atomic mass is 10.1. The van der Waals surface area contributed by atoms with Gasteiger partial charge in [-0.3, -0.25) is 19.2 Å². The number of benzene rings is 3. The van der Waals surface area contributed by atoms with E-state index in [1.165, 1.54) is 29.2 Å². The van der Waals surface area contributed by atoms with Gasteiger partial charge in [-0.1, -0.05) is 66.5 Å². The minimum absolute atomic E-state index is 0.0314. The molecule has 0 radical (unpaired) electrons. The number of ether oxygens (including phenoxy) is 1. The zero-order valence-electron chi connectivity index (χ0n) is 24.8. The number of aromatic nitrogens is 1. The van der Waals surface area contributed by atoms with Gasteiger partial charge in [-0.05, 0) is 61.4 Å². The van der Waals surface area contributed by atoms with Crippen molar-refractivity contribution < 1.29 is 23.9 Å². The predicted molar refractivity (Wildman–Crippen MR) is 184 cm³/mol. The number of thiazole rings is 1. The van der Waals surface area contributed by atoms with Gasteiger partial charge in [-0.15, -0.1) is 23.1 Å². The Labute approximate surface area is 284 Å². The normalized spacial score (nSPS) is 11.8. The second-order valence-electron chi connectivity index (χ2n) is 9.63. The van der Waals surface area contributed by atoms with Gasteiger partial charge in [0.25, 0.3) is 11.8 Å². The fourth-order valence-corrected chi connectivity index (χ4v) is 6.14. The van der Waals surface area contributed by atoms with Gasteiger partial charge < -0.3 is 20.7 Å². The lowest BCUT2D eigenvalue weighted by Gasteiger charge is -2.15. The average molecular weight is 698 g/mol. The first-order chi connectivity index (χ1) is 22.2. The quantitative estimate of drug-likeness (QED) is 0.0752. The molecule has 3 aromatic carbocycles. The summed E-state index contributed by atoms with van der Waals surface area (Å²) in [6.07, 6.45) is 2.01. The maximum Gasteiger partial charge on any atom is 0.311 e. The first kappa shape index (κ1) is 34.7. The summed E-state index contributed by atoms with van der Waals surface area (Å²) in [5, 5.41) is 10.5. The van der Waals surface area contributed by atoms with Crippen LogP contribution >= 0.6 is 46.3 Å². The van der Waals surface area contributed by atoms with Gasteiger partial charge in [0.15, 0.2) is 5.13 Å². The van der Waals surface area contributed by atoms with Crippen molar-refractivity contribution in [1.29, 1.82) is 0 Å². The number of nitrogens with one attached hydrogen (secondary N) is 3. The van der Waals surface area contributed by atoms with Crippen LogP contribution in [0.4, 0.5) is 10.8 Å². The van der Waals surface area contributed by atoms with Crippen LogP contribution in [0.2, 0.25) is 10.0 Å². The van der Waals surface area contributed by atoms with Crippen LogP contribution in [0.3, 0.4) is 0 Å². The summed E-state index contributed by atoms with van der Waals surface area (Å²) >= 11 is 15.1. The third-order valence-corrected chi connectivity index (χ3v) is 9.25. The lowest BCUT2D eigenvalue weighted by molar-refractivity contribution is -0.142. The van der Waals surface area contributed by atoms with E-state index in [0.29, 0.717) is 39.1 Å². The summed E-state index contributed by atoms with van der Waals surface area (Å²) in [5.74, 6) is -1.69. The summed E-state index contributed by atoms with van der Waals surface area (Å²) in [7, 11) is 0. The van der Waals surface area contributed by atoms with Crippen LogP contribution in [-0.4, -0.2) is 40.5 Å². The Morgan fingerprint density at radius 3 is 2.48 bits per heavy atom. The van der Waals surface area contributed by atoms with Gasteiger partial charge in [-0.2, -0.15) is 0 Å². The molecule has 1 unspecified atom stereocenters. The van der Waals surface area contributed by atoms with Crippen LogP contribution in [0.15, 0.2) is 88.8 Å². The predicted octanol–water partition coefficient (Wildman–Crippen LogP) is 7.47. The number of carbonyl (C=O) groups is 4. The number of thioether (sulfide) groups is 1. The summed E-state index contributed by atoms with van der Waals surface area (Å²) in [6.45, 7) is 3.91. The van der Waals surface area contributed by atoms with Gasteiger partial charge in [0, 0.05) is 21.5 Å². The van der Waals surface area contributed by atoms with Gasteiger partial charge >= 0.3 is 5.97 Å². The SMILES string of the molecule is CCOC(=O)Cc1csc(NC(=O)C(CC)Sc2cccc(NC(=O)/C(=C\c3cccc(Cl)c3Cl)NC(=O)c3ccccc3)c2)n1. The molecule has 4 aromatic rings. The smallest absolute Gasteiger partial charge is 0.311 e. The standard InChI is InChI=1S/C33H30Cl2N4O5S2/c1-3-27(32(43)39-33-37-23(19-45-33)18-28(40)44-4-2)46-24-14-9-13-22(17-24)36-31(42)26(16-21-12-8-15-25(34)29(21)35)38-30(41)20-10-6-5-7-11-20/h5-17,19,27H,3-4,18H2,1-2H3,(H,36,42)(H,38,41)(H,37,39,43)/b26-16+. The number of hydrogen-bond acceptors (Lipinski definition) is 8. The molecule has 0 aliphatic carbocycles. The molecule has 0 fully saturated rings. The molecular weight excluding hydrogens is 667 g/mol. The Kier molecular flexibility index (Phi) is 12.8. The number of nitrogens with zero attached hydrogens (tertiary/aromatic N) is 1. The zero-order valence-corrected chi connectivity index (χ0v) is 28.0. The molecule has 46 heavy (non-hydrogen) atoms. The van der Waals surface area contributed by atoms with E-state index in [0.717, 1.165) is 4.90 Å². The molecule has 9 nitrogen and oxygen atoms in total. The molecule has 0 bridgehead atoms. The number of amides is 3. The van der Waals surface area contributed by atoms with Crippen molar-refractivity contribution in [2.75, 3.05) is 17.2 Å². The van der Waals surface area contributed by atoms with Crippen molar-refractivity contribution in [2.45, 2.75) is 36.8 Å². The van der Waals surface area contributed by atoms with Crippen molar-refractivity contribution in [3.05, 3.63) is 111 Å². The monoisotopic (exact) mass is 696 g/mol.